The first kappa shape index (κ1) is 134. The molecule has 58 nitrogen and oxygen atoms in total. The predicted octanol–water partition coefficient (Wildman–Crippen LogP) is -13.5. The highest BCUT2D eigenvalue weighted by atomic mass is 16.4. The molecular formula is C90H161N29O29. The fraction of sp³-hybridized carbons (Fsp3) is 0.722. The number of unbranched alkanes of at least 4 members (excludes halogenated alkanes) is 2. The van der Waals surface area contributed by atoms with E-state index >= 15 is 0 Å². The zero-order valence-corrected chi connectivity index (χ0v) is 87.0. The number of aliphatic carboxylic acids is 1. The molecule has 0 fully saturated rings. The highest BCUT2D eigenvalue weighted by Crippen LogP contribution is 2.18. The zero-order chi connectivity index (χ0) is 114. The van der Waals surface area contributed by atoms with Crippen molar-refractivity contribution in [1.29, 1.82) is 5.41 Å². The second-order valence-electron chi connectivity index (χ2n) is 38.0. The summed E-state index contributed by atoms with van der Waals surface area (Å²) >= 11 is 0. The van der Waals surface area contributed by atoms with E-state index in [1.54, 1.807) is 41.5 Å². The molecule has 0 saturated heterocycles. The van der Waals surface area contributed by atoms with Crippen LogP contribution >= 0.6 is 0 Å². The Morgan fingerprint density at radius 2 is 0.568 bits per heavy atom. The third-order valence-electron chi connectivity index (χ3n) is 23.0. The van der Waals surface area contributed by atoms with Gasteiger partial charge in [0.1, 0.15) is 115 Å². The van der Waals surface area contributed by atoms with Gasteiger partial charge in [-0.2, -0.15) is 0 Å². The summed E-state index contributed by atoms with van der Waals surface area (Å²) in [6.45, 7) is 22.3. The normalized spacial score (nSPS) is 16.0. The van der Waals surface area contributed by atoms with Crippen molar-refractivity contribution in [1.82, 2.24) is 106 Å². The number of nitrogens with two attached hydrogens (primary N) is 8. The van der Waals surface area contributed by atoms with Crippen molar-refractivity contribution in [3.63, 3.8) is 0 Å². The van der Waals surface area contributed by atoms with Crippen molar-refractivity contribution < 1.29 is 141 Å². The summed E-state index contributed by atoms with van der Waals surface area (Å²) in [6.07, 6.45) is -8.68. The van der Waals surface area contributed by atoms with Gasteiger partial charge in [0.25, 0.3) is 0 Å². The van der Waals surface area contributed by atoms with Crippen molar-refractivity contribution in [2.24, 2.45) is 81.4 Å². The Bertz CT molecular complexity index is 4520. The minimum Gasteiger partial charge on any atom is -0.480 e. The number of carbonyl (C=O) groups is 24. The van der Waals surface area contributed by atoms with Crippen LogP contribution < -0.4 is 152 Å². The van der Waals surface area contributed by atoms with Gasteiger partial charge < -0.3 is 178 Å². The third-order valence-corrected chi connectivity index (χ3v) is 23.0. The molecule has 840 valence electrons. The lowest BCUT2D eigenvalue weighted by atomic mass is 9.96. The van der Waals surface area contributed by atoms with Crippen molar-refractivity contribution >= 4 is 148 Å². The minimum atomic E-state index is -2.08. The summed E-state index contributed by atoms with van der Waals surface area (Å²) in [7, 11) is 0. The summed E-state index contributed by atoms with van der Waals surface area (Å²) in [5, 5.41) is 107. The molecule has 148 heavy (non-hydrogen) atoms. The Hall–Kier alpha value is -13.7. The fourth-order valence-corrected chi connectivity index (χ4v) is 14.1. The number of carboxylic acid groups (broad SMARTS) is 1. The number of carboxylic acids is 1. The van der Waals surface area contributed by atoms with Gasteiger partial charge in [0.05, 0.1) is 50.2 Å². The van der Waals surface area contributed by atoms with Gasteiger partial charge in [-0.1, -0.05) is 89.5 Å². The molecule has 0 saturated carbocycles. The average Bonchev–Trinajstić information content (AvgIpc) is 0.840. The van der Waals surface area contributed by atoms with Crippen LogP contribution in [-0.4, -0.2) is 339 Å². The number of aliphatic hydroxyl groups excluding tert-OH is 4. The summed E-state index contributed by atoms with van der Waals surface area (Å²) in [5.74, 6) is -31.5. The minimum absolute atomic E-state index is 0.00966. The SMILES string of the molecule is CC[C@H](C)[C@H](NC(=O)[C@@H](N)C(C)C)C(=O)N[C@@H](CCCCN)C(=O)N[C@@H](CC(N)=O)C(=O)N[C@H](C(=O)N[C@H](C(=O)N[C@@H](CO)C(=O)N[C@@H](CCC(N)=O)C(=O)N[C@H](C(=O)N[C@@H](C)C(=O)N[C@@H](CCCCN)C(=O)N[C@@H](CCCNC(=N)N)C(=O)N[C@H](C(=O)N[C@@H](CC(C)C)C(=O)N[C@H](C(=O)N[C@H](C(=O)N[C@@H](CC(N)=O)C(=O)N[C@@H](C)C(=O)N[C@@H](CC(N)=O)C(=O)NCC(=O)O)[C@@H](C)O)[C@@H](C)O)C(C)C)C(C)C)C(C)C)[C@@H](C)O. The van der Waals surface area contributed by atoms with Gasteiger partial charge in [0.2, 0.25) is 136 Å². The standard InChI is InChI=1S/C90H161N29O29/c1-18-43(12)67(116-82(141)63(97)39(4)5)86(145)107-50(25-20-22-30-92)75(134)109-56(35-61(96)127)80(139)118-69(47(16)122)88(147)115-66(42(10)11)85(144)112-57(37-120)81(140)106-52(27-28-58(93)124)77(136)113-64(40(6)7)83(142)103-45(14)71(130)104-49(24-19-21-29-91)74(133)105-51(26-23-31-100-90(98)99)76(135)114-65(41(8)9)84(143)110-53(32-38(2)3)79(138)117-70(48(17)123)89(148)119-68(46(15)121)87(146)111-55(34-60(95)126)78(137)102-44(13)72(131)108-54(33-59(94)125)73(132)101-36-62(128)129/h38-57,63-70,120-123H,18-37,91-92,97H2,1-17H3,(H2,93,124)(H2,94,125)(H2,95,126)(H2,96,127)(H,101,132)(H,102,137)(H,103,142)(H,104,130)(H,105,133)(H,106,140)(H,107,145)(H,108,131)(H,109,134)(H,110,143)(H,111,146)(H,112,144)(H,113,136)(H,114,135)(H,115,147)(H,116,141)(H,117,138)(H,118,139)(H,119,148)(H,128,129)(H4,98,99,100)/t43-,44-,45-,46+,47+,48+,49-,50-,51-,52-,53-,54-,55-,56-,57-,63-,64-,65-,66-,67-,68-,69-,70-/m0/s1. The van der Waals surface area contributed by atoms with E-state index in [0.717, 1.165) is 27.7 Å². The van der Waals surface area contributed by atoms with E-state index < -0.39 is 356 Å². The Labute approximate surface area is 857 Å². The van der Waals surface area contributed by atoms with Crippen LogP contribution in [0.4, 0.5) is 0 Å². The van der Waals surface area contributed by atoms with Gasteiger partial charge >= 0.3 is 5.97 Å². The molecule has 0 aromatic heterocycles. The molecule has 58 heteroatoms. The van der Waals surface area contributed by atoms with E-state index in [2.05, 4.69) is 101 Å². The topological polar surface area (TPSA) is 983 Å². The molecular weight excluding hydrogens is 1950 g/mol. The molecule has 23 atom stereocenters. The number of carbonyl (C=O) groups excluding carboxylic acids is 23. The number of amides is 23. The van der Waals surface area contributed by atoms with E-state index in [9.17, 15) is 135 Å². The number of rotatable bonds is 72. The Balaban J connectivity index is 7.10. The summed E-state index contributed by atoms with van der Waals surface area (Å²) in [4.78, 5) is 326. The van der Waals surface area contributed by atoms with Gasteiger partial charge in [-0.15, -0.1) is 0 Å². The first-order chi connectivity index (χ1) is 68.8. The second kappa shape index (κ2) is 67.9. The Morgan fingerprint density at radius 3 is 0.932 bits per heavy atom. The molecule has 0 rings (SSSR count). The molecule has 0 heterocycles. The summed E-state index contributed by atoms with van der Waals surface area (Å²) < 4.78 is 0. The quantitative estimate of drug-likeness (QED) is 0.0153. The summed E-state index contributed by atoms with van der Waals surface area (Å²) in [5.41, 5.74) is 44.7. The third kappa shape index (κ3) is 50.1. The highest BCUT2D eigenvalue weighted by Gasteiger charge is 2.43. The van der Waals surface area contributed by atoms with Gasteiger partial charge in [-0.3, -0.25) is 120 Å². The van der Waals surface area contributed by atoms with E-state index in [4.69, 9.17) is 56.4 Å². The molecule has 0 aliphatic carbocycles. The molecule has 0 aromatic rings. The maximum absolute atomic E-state index is 14.7. The molecule has 0 bridgehead atoms. The molecule has 0 unspecified atom stereocenters. The largest absolute Gasteiger partial charge is 0.480 e. The smallest absolute Gasteiger partial charge is 0.322 e. The molecule has 0 radical (unpaired) electrons. The maximum atomic E-state index is 14.7. The monoisotopic (exact) mass is 2110 g/mol. The predicted molar refractivity (Wildman–Crippen MR) is 530 cm³/mol. The van der Waals surface area contributed by atoms with Crippen molar-refractivity contribution in [2.75, 3.05) is 32.8 Å². The molecule has 0 aliphatic rings. The van der Waals surface area contributed by atoms with Gasteiger partial charge in [-0.05, 0) is 147 Å². The van der Waals surface area contributed by atoms with Gasteiger partial charge in [0.15, 0.2) is 5.96 Å². The Kier molecular flexibility index (Phi) is 61.6. The van der Waals surface area contributed by atoms with Crippen molar-refractivity contribution in [3.05, 3.63) is 0 Å². The summed E-state index contributed by atoms with van der Waals surface area (Å²) in [6, 6.07) is -31.9. The van der Waals surface area contributed by atoms with Crippen LogP contribution in [0.3, 0.4) is 0 Å². The van der Waals surface area contributed by atoms with Crippen molar-refractivity contribution in [2.45, 2.75) is 347 Å². The first-order valence-electron chi connectivity index (χ1n) is 48.8. The van der Waals surface area contributed by atoms with E-state index in [1.807, 2.05) is 5.32 Å². The molecule has 0 spiro atoms. The molecule has 23 amide bonds. The maximum Gasteiger partial charge on any atom is 0.322 e. The van der Waals surface area contributed by atoms with Crippen LogP contribution in [-0.2, 0) is 115 Å². The molecule has 0 aromatic carbocycles. The second-order valence-corrected chi connectivity index (χ2v) is 38.0. The Morgan fingerprint density at radius 1 is 0.291 bits per heavy atom. The number of hydrogen-bond acceptors (Lipinski definition) is 32. The van der Waals surface area contributed by atoms with Gasteiger partial charge in [0, 0.05) is 13.0 Å². The average molecular weight is 2110 g/mol. The first-order valence-corrected chi connectivity index (χ1v) is 48.8. The van der Waals surface area contributed by atoms with Crippen LogP contribution in [0.1, 0.15) is 214 Å². The van der Waals surface area contributed by atoms with Crippen LogP contribution in [0.2, 0.25) is 0 Å². The van der Waals surface area contributed by atoms with Crippen LogP contribution in [0.15, 0.2) is 0 Å². The highest BCUT2D eigenvalue weighted by molar-refractivity contribution is 6.04. The lowest BCUT2D eigenvalue weighted by Gasteiger charge is -2.30. The van der Waals surface area contributed by atoms with E-state index in [-0.39, 0.29) is 76.9 Å². The molecule has 0 aliphatic heterocycles. The number of hydrogen-bond donors (Lipinski definition) is 34. The number of aliphatic hydroxyl groups is 4. The molecule has 42 N–H and O–H groups in total. The van der Waals surface area contributed by atoms with E-state index in [0.29, 0.717) is 12.8 Å². The van der Waals surface area contributed by atoms with Crippen molar-refractivity contribution in [3.8, 4) is 0 Å². The lowest BCUT2D eigenvalue weighted by Crippen LogP contribution is -2.63. The lowest BCUT2D eigenvalue weighted by molar-refractivity contribution is -0.139. The number of nitrogens with one attached hydrogen (secondary N) is 21. The van der Waals surface area contributed by atoms with E-state index in [1.165, 1.54) is 48.5 Å². The van der Waals surface area contributed by atoms with Crippen LogP contribution in [0.25, 0.3) is 0 Å². The van der Waals surface area contributed by atoms with Crippen LogP contribution in [0.5, 0.6) is 0 Å². The number of primary amides is 4. The number of guanidine groups is 1. The van der Waals surface area contributed by atoms with Crippen LogP contribution in [0, 0.1) is 40.9 Å². The van der Waals surface area contributed by atoms with Gasteiger partial charge in [-0.25, -0.2) is 0 Å². The zero-order valence-electron chi connectivity index (χ0n) is 87.0. The fourth-order valence-electron chi connectivity index (χ4n) is 14.1.